The van der Waals surface area contributed by atoms with Crippen molar-refractivity contribution in [3.8, 4) is 0 Å². The number of amides is 1. The highest BCUT2D eigenvalue weighted by Gasteiger charge is 2.11. The molecule has 1 heterocycles. The average Bonchev–Trinajstić information content (AvgIpc) is 2.44. The molecule has 5 heteroatoms. The van der Waals surface area contributed by atoms with Crippen LogP contribution in [-0.4, -0.2) is 49.0 Å². The first kappa shape index (κ1) is 16.4. The molecule has 20 heavy (non-hydrogen) atoms. The van der Waals surface area contributed by atoms with Gasteiger partial charge in [-0.25, -0.2) is 0 Å². The van der Waals surface area contributed by atoms with Crippen LogP contribution >= 0.6 is 0 Å². The van der Waals surface area contributed by atoms with Crippen molar-refractivity contribution in [2.75, 3.05) is 38.5 Å². The van der Waals surface area contributed by atoms with Crippen LogP contribution in [-0.2, 0) is 0 Å². The molecule has 0 saturated heterocycles. The predicted octanol–water partition coefficient (Wildman–Crippen LogP) is 1.89. The summed E-state index contributed by atoms with van der Waals surface area (Å²) in [7, 11) is 2.04. The Balaban J connectivity index is 2.66. The fraction of sp³-hybridized carbons (Fsp3) is 0.600. The Bertz CT molecular complexity index is 434. The third-order valence-corrected chi connectivity index (χ3v) is 3.17. The molecule has 112 valence electrons. The highest BCUT2D eigenvalue weighted by atomic mass is 16.1. The molecule has 0 bridgehead atoms. The number of likely N-dealkylation sites (N-methyl/N-ethyl adjacent to an activating group) is 1. The number of carbonyl (C=O) groups excluding carboxylic acids is 1. The van der Waals surface area contributed by atoms with Crippen LogP contribution in [0.1, 0.15) is 36.3 Å². The van der Waals surface area contributed by atoms with Gasteiger partial charge in [0.15, 0.2) is 0 Å². The van der Waals surface area contributed by atoms with Gasteiger partial charge in [0.05, 0.1) is 11.3 Å². The van der Waals surface area contributed by atoms with Crippen LogP contribution in [0.3, 0.4) is 0 Å². The van der Waals surface area contributed by atoms with Gasteiger partial charge in [-0.05, 0) is 33.0 Å². The van der Waals surface area contributed by atoms with Crippen LogP contribution in [0.15, 0.2) is 12.3 Å². The maximum atomic E-state index is 12.2. The molecular weight excluding hydrogens is 252 g/mol. The number of nitrogens with zero attached hydrogens (tertiary/aromatic N) is 2. The maximum Gasteiger partial charge on any atom is 0.254 e. The quantitative estimate of drug-likeness (QED) is 0.762. The summed E-state index contributed by atoms with van der Waals surface area (Å²) in [4.78, 5) is 18.6. The Kier molecular flexibility index (Phi) is 7.01. The number of nitrogens with one attached hydrogen (secondary N) is 2. The number of hydrogen-bond donors (Lipinski definition) is 2. The Morgan fingerprint density at radius 1 is 1.35 bits per heavy atom. The first-order valence-electron chi connectivity index (χ1n) is 7.25. The molecule has 0 aliphatic carbocycles. The van der Waals surface area contributed by atoms with E-state index >= 15 is 0 Å². The Hall–Kier alpha value is -1.62. The van der Waals surface area contributed by atoms with Gasteiger partial charge in [0.1, 0.15) is 0 Å². The zero-order valence-electron chi connectivity index (χ0n) is 13.0. The third kappa shape index (κ3) is 5.17. The molecule has 0 spiro atoms. The highest BCUT2D eigenvalue weighted by Crippen LogP contribution is 2.15. The molecule has 1 rings (SSSR count). The molecule has 0 unspecified atom stereocenters. The Morgan fingerprint density at radius 2 is 2.10 bits per heavy atom. The fourth-order valence-electron chi connectivity index (χ4n) is 1.76. The van der Waals surface area contributed by atoms with E-state index in [0.29, 0.717) is 12.1 Å². The van der Waals surface area contributed by atoms with Gasteiger partial charge in [-0.1, -0.05) is 13.8 Å². The summed E-state index contributed by atoms with van der Waals surface area (Å²) in [5, 5.41) is 6.22. The zero-order valence-corrected chi connectivity index (χ0v) is 13.0. The lowest BCUT2D eigenvalue weighted by Crippen LogP contribution is -2.33. The lowest BCUT2D eigenvalue weighted by atomic mass is 10.2. The molecule has 0 radical (unpaired) electrons. The average molecular weight is 278 g/mol. The van der Waals surface area contributed by atoms with E-state index in [4.69, 9.17) is 0 Å². The van der Waals surface area contributed by atoms with Crippen molar-refractivity contribution >= 4 is 11.6 Å². The van der Waals surface area contributed by atoms with Gasteiger partial charge in [0.25, 0.3) is 5.91 Å². The van der Waals surface area contributed by atoms with Gasteiger partial charge in [0, 0.05) is 31.5 Å². The minimum atomic E-state index is -0.0689. The van der Waals surface area contributed by atoms with Crippen molar-refractivity contribution in [3.63, 3.8) is 0 Å². The molecular formula is C15H26N4O. The molecule has 0 fully saturated rings. The molecule has 0 aliphatic heterocycles. The van der Waals surface area contributed by atoms with E-state index < -0.39 is 0 Å². The van der Waals surface area contributed by atoms with Gasteiger partial charge in [-0.15, -0.1) is 0 Å². The minimum absolute atomic E-state index is 0.0689. The number of aromatic nitrogens is 1. The number of rotatable bonds is 8. The number of aryl methyl sites for hydroxylation is 1. The largest absolute Gasteiger partial charge is 0.384 e. The van der Waals surface area contributed by atoms with Crippen LogP contribution in [0, 0.1) is 6.92 Å². The van der Waals surface area contributed by atoms with Crippen LogP contribution in [0.5, 0.6) is 0 Å². The zero-order chi connectivity index (χ0) is 15.0. The summed E-state index contributed by atoms with van der Waals surface area (Å²) in [6.07, 6.45) is 2.66. The Morgan fingerprint density at radius 3 is 2.75 bits per heavy atom. The summed E-state index contributed by atoms with van der Waals surface area (Å²) in [6, 6.07) is 1.92. The molecule has 0 atom stereocenters. The van der Waals surface area contributed by atoms with Crippen LogP contribution in [0.2, 0.25) is 0 Å². The molecule has 1 amide bonds. The number of carbonyl (C=O) groups is 1. The molecule has 0 aliphatic rings. The van der Waals surface area contributed by atoms with E-state index in [2.05, 4.69) is 34.4 Å². The minimum Gasteiger partial charge on any atom is -0.384 e. The summed E-state index contributed by atoms with van der Waals surface area (Å²) < 4.78 is 0. The van der Waals surface area contributed by atoms with Gasteiger partial charge >= 0.3 is 0 Å². The van der Waals surface area contributed by atoms with Crippen molar-refractivity contribution in [1.29, 1.82) is 0 Å². The maximum absolute atomic E-state index is 12.2. The molecule has 1 aromatic rings. The van der Waals surface area contributed by atoms with E-state index in [1.165, 1.54) is 0 Å². The van der Waals surface area contributed by atoms with Crippen LogP contribution < -0.4 is 10.6 Å². The van der Waals surface area contributed by atoms with Crippen molar-refractivity contribution in [2.24, 2.45) is 0 Å². The third-order valence-electron chi connectivity index (χ3n) is 3.17. The Labute approximate surface area is 121 Å². The van der Waals surface area contributed by atoms with Crippen molar-refractivity contribution in [1.82, 2.24) is 15.2 Å². The second kappa shape index (κ2) is 8.53. The van der Waals surface area contributed by atoms with E-state index in [1.807, 2.05) is 20.0 Å². The number of anilines is 1. The fourth-order valence-corrected chi connectivity index (χ4v) is 1.76. The summed E-state index contributed by atoms with van der Waals surface area (Å²) in [5.41, 5.74) is 2.38. The van der Waals surface area contributed by atoms with E-state index in [-0.39, 0.29) is 5.91 Å². The lowest BCUT2D eigenvalue weighted by molar-refractivity contribution is 0.0950. The predicted molar refractivity (Wildman–Crippen MR) is 83.3 cm³/mol. The standard InChI is InChI=1S/C15H26N4O/c1-5-7-16-14-10-12(3)18-11-13(14)15(20)17-8-9-19(4)6-2/h10-11H,5-9H2,1-4H3,(H,16,18)(H,17,20). The lowest BCUT2D eigenvalue weighted by Gasteiger charge is -2.15. The van der Waals surface area contributed by atoms with E-state index in [0.717, 1.165) is 37.4 Å². The second-order valence-corrected chi connectivity index (χ2v) is 4.95. The van der Waals surface area contributed by atoms with Crippen molar-refractivity contribution in [2.45, 2.75) is 27.2 Å². The SMILES string of the molecule is CCCNc1cc(C)ncc1C(=O)NCCN(C)CC. The molecule has 0 aromatic carbocycles. The van der Waals surface area contributed by atoms with E-state index in [9.17, 15) is 4.79 Å². The number of pyridine rings is 1. The van der Waals surface area contributed by atoms with Crippen LogP contribution in [0.4, 0.5) is 5.69 Å². The summed E-state index contributed by atoms with van der Waals surface area (Å²) >= 11 is 0. The molecule has 1 aromatic heterocycles. The highest BCUT2D eigenvalue weighted by molar-refractivity contribution is 5.99. The van der Waals surface area contributed by atoms with E-state index in [1.54, 1.807) is 6.20 Å². The molecule has 0 saturated carbocycles. The van der Waals surface area contributed by atoms with Crippen LogP contribution in [0.25, 0.3) is 0 Å². The normalized spacial score (nSPS) is 10.7. The topological polar surface area (TPSA) is 57.3 Å². The van der Waals surface area contributed by atoms with Gasteiger partial charge in [-0.2, -0.15) is 0 Å². The van der Waals surface area contributed by atoms with Crippen molar-refractivity contribution in [3.05, 3.63) is 23.5 Å². The second-order valence-electron chi connectivity index (χ2n) is 4.95. The molecule has 5 nitrogen and oxygen atoms in total. The number of hydrogen-bond acceptors (Lipinski definition) is 4. The summed E-state index contributed by atoms with van der Waals surface area (Å²) in [5.74, 6) is -0.0689. The first-order valence-corrected chi connectivity index (χ1v) is 7.25. The van der Waals surface area contributed by atoms with Gasteiger partial charge < -0.3 is 15.5 Å². The first-order chi connectivity index (χ1) is 9.58. The van der Waals surface area contributed by atoms with Crippen molar-refractivity contribution < 1.29 is 4.79 Å². The van der Waals surface area contributed by atoms with Gasteiger partial charge in [0.2, 0.25) is 0 Å². The summed E-state index contributed by atoms with van der Waals surface area (Å²) in [6.45, 7) is 9.44. The monoisotopic (exact) mass is 278 g/mol. The smallest absolute Gasteiger partial charge is 0.254 e. The van der Waals surface area contributed by atoms with Gasteiger partial charge in [-0.3, -0.25) is 9.78 Å². The molecule has 2 N–H and O–H groups in total.